The zero-order valence-electron chi connectivity index (χ0n) is 12.2. The summed E-state index contributed by atoms with van der Waals surface area (Å²) in [5.74, 6) is -1.18. The number of piperazine rings is 1. The molecule has 0 aromatic heterocycles. The molecule has 2 atom stereocenters. The molecule has 0 saturated carbocycles. The molecule has 1 aliphatic heterocycles. The van der Waals surface area contributed by atoms with Gasteiger partial charge in [0, 0.05) is 5.02 Å². The van der Waals surface area contributed by atoms with E-state index in [4.69, 9.17) is 11.6 Å². The van der Waals surface area contributed by atoms with E-state index in [9.17, 15) is 14.0 Å². The topological polar surface area (TPSA) is 49.4 Å². The van der Waals surface area contributed by atoms with E-state index in [1.54, 1.807) is 20.8 Å². The van der Waals surface area contributed by atoms with E-state index in [1.165, 1.54) is 17.0 Å². The lowest BCUT2D eigenvalue weighted by atomic mass is 9.90. The summed E-state index contributed by atoms with van der Waals surface area (Å²) in [6.45, 7) is 5.24. The van der Waals surface area contributed by atoms with E-state index in [0.717, 1.165) is 6.07 Å². The number of amides is 2. The van der Waals surface area contributed by atoms with E-state index in [0.29, 0.717) is 12.8 Å². The molecule has 21 heavy (non-hydrogen) atoms. The zero-order chi connectivity index (χ0) is 15.8. The standard InChI is InChI=1S/C15H18ClFN2O2/c1-4-11-13(20)18-15(3,5-2)14(21)19(11)12-7-6-9(16)8-10(12)17/h6-8,11H,4-5H2,1-3H3,(H,18,20). The number of carbonyl (C=O) groups is 2. The Morgan fingerprint density at radius 1 is 1.38 bits per heavy atom. The summed E-state index contributed by atoms with van der Waals surface area (Å²) in [6.07, 6.45) is 0.832. The van der Waals surface area contributed by atoms with Crippen molar-refractivity contribution in [2.24, 2.45) is 0 Å². The van der Waals surface area contributed by atoms with Gasteiger partial charge in [-0.15, -0.1) is 0 Å². The fraction of sp³-hybridized carbons (Fsp3) is 0.467. The Kier molecular flexibility index (Phi) is 4.23. The van der Waals surface area contributed by atoms with Gasteiger partial charge < -0.3 is 5.32 Å². The number of hydrogen-bond donors (Lipinski definition) is 1. The molecular formula is C15H18ClFN2O2. The minimum absolute atomic E-state index is 0.0887. The smallest absolute Gasteiger partial charge is 0.253 e. The lowest BCUT2D eigenvalue weighted by molar-refractivity contribution is -0.138. The van der Waals surface area contributed by atoms with Crippen molar-refractivity contribution < 1.29 is 14.0 Å². The number of halogens is 2. The lowest BCUT2D eigenvalue weighted by Crippen LogP contribution is -2.69. The molecule has 2 unspecified atom stereocenters. The molecule has 1 fully saturated rings. The van der Waals surface area contributed by atoms with Crippen molar-refractivity contribution in [2.45, 2.75) is 45.2 Å². The highest BCUT2D eigenvalue weighted by Crippen LogP contribution is 2.31. The predicted molar refractivity (Wildman–Crippen MR) is 79.8 cm³/mol. The lowest BCUT2D eigenvalue weighted by Gasteiger charge is -2.43. The molecule has 2 amide bonds. The minimum atomic E-state index is -1.02. The summed E-state index contributed by atoms with van der Waals surface area (Å²) in [5.41, 5.74) is -0.930. The van der Waals surface area contributed by atoms with Gasteiger partial charge in [0.1, 0.15) is 17.4 Å². The maximum atomic E-state index is 14.2. The molecule has 1 aromatic carbocycles. The third kappa shape index (κ3) is 2.62. The first-order valence-electron chi connectivity index (χ1n) is 6.94. The van der Waals surface area contributed by atoms with Crippen LogP contribution >= 0.6 is 11.6 Å². The highest BCUT2D eigenvalue weighted by Gasteiger charge is 2.47. The molecule has 114 valence electrons. The molecule has 1 heterocycles. The van der Waals surface area contributed by atoms with Gasteiger partial charge in [-0.05, 0) is 38.0 Å². The normalized spacial score (nSPS) is 26.0. The fourth-order valence-electron chi connectivity index (χ4n) is 2.49. The van der Waals surface area contributed by atoms with Crippen LogP contribution < -0.4 is 10.2 Å². The van der Waals surface area contributed by atoms with Gasteiger partial charge in [-0.3, -0.25) is 14.5 Å². The maximum Gasteiger partial charge on any atom is 0.253 e. The number of hydrogen-bond acceptors (Lipinski definition) is 2. The maximum absolute atomic E-state index is 14.2. The number of nitrogens with one attached hydrogen (secondary N) is 1. The van der Waals surface area contributed by atoms with Crippen LogP contribution in [-0.2, 0) is 9.59 Å². The van der Waals surface area contributed by atoms with Crippen molar-refractivity contribution in [3.63, 3.8) is 0 Å². The molecule has 1 N–H and O–H groups in total. The van der Waals surface area contributed by atoms with Gasteiger partial charge in [0.05, 0.1) is 5.69 Å². The molecule has 1 saturated heterocycles. The van der Waals surface area contributed by atoms with E-state index >= 15 is 0 Å². The van der Waals surface area contributed by atoms with Crippen LogP contribution in [0.2, 0.25) is 5.02 Å². The van der Waals surface area contributed by atoms with E-state index < -0.39 is 17.4 Å². The van der Waals surface area contributed by atoms with E-state index in [2.05, 4.69) is 5.32 Å². The summed E-state index contributed by atoms with van der Waals surface area (Å²) < 4.78 is 14.2. The predicted octanol–water partition coefficient (Wildman–Crippen LogP) is 2.89. The Balaban J connectivity index is 2.54. The summed E-state index contributed by atoms with van der Waals surface area (Å²) in [5, 5.41) is 2.99. The molecule has 1 aliphatic rings. The molecule has 0 radical (unpaired) electrons. The molecule has 4 nitrogen and oxygen atoms in total. The molecular weight excluding hydrogens is 295 g/mol. The van der Waals surface area contributed by atoms with Gasteiger partial charge in [-0.1, -0.05) is 25.4 Å². The van der Waals surface area contributed by atoms with Crippen molar-refractivity contribution in [1.29, 1.82) is 0 Å². The van der Waals surface area contributed by atoms with Gasteiger partial charge in [0.2, 0.25) is 5.91 Å². The first-order valence-corrected chi connectivity index (χ1v) is 7.32. The quantitative estimate of drug-likeness (QED) is 0.933. The Morgan fingerprint density at radius 2 is 2.05 bits per heavy atom. The largest absolute Gasteiger partial charge is 0.340 e. The Labute approximate surface area is 128 Å². The number of benzene rings is 1. The summed E-state index contributed by atoms with van der Waals surface area (Å²) >= 11 is 5.75. The molecule has 1 aromatic rings. The highest BCUT2D eigenvalue weighted by atomic mass is 35.5. The third-order valence-corrected chi connectivity index (χ3v) is 4.20. The third-order valence-electron chi connectivity index (χ3n) is 3.97. The molecule has 0 bridgehead atoms. The van der Waals surface area contributed by atoms with Crippen LogP contribution in [0.15, 0.2) is 18.2 Å². The van der Waals surface area contributed by atoms with Crippen LogP contribution in [0.5, 0.6) is 0 Å². The average molecular weight is 313 g/mol. The molecule has 6 heteroatoms. The first kappa shape index (κ1) is 15.8. The summed E-state index contributed by atoms with van der Waals surface area (Å²) in [4.78, 5) is 26.3. The van der Waals surface area contributed by atoms with Gasteiger partial charge in [0.25, 0.3) is 5.91 Å². The van der Waals surface area contributed by atoms with Crippen LogP contribution in [0.3, 0.4) is 0 Å². The summed E-state index contributed by atoms with van der Waals surface area (Å²) in [7, 11) is 0. The second kappa shape index (κ2) is 5.64. The van der Waals surface area contributed by atoms with Gasteiger partial charge in [-0.2, -0.15) is 0 Å². The Hall–Kier alpha value is -1.62. The monoisotopic (exact) mass is 312 g/mol. The van der Waals surface area contributed by atoms with Crippen LogP contribution in [-0.4, -0.2) is 23.4 Å². The van der Waals surface area contributed by atoms with Crippen LogP contribution in [0, 0.1) is 5.82 Å². The molecule has 2 rings (SSSR count). The molecule has 0 aliphatic carbocycles. The zero-order valence-corrected chi connectivity index (χ0v) is 13.0. The second-order valence-electron chi connectivity index (χ2n) is 5.37. The Morgan fingerprint density at radius 3 is 2.57 bits per heavy atom. The number of carbonyl (C=O) groups excluding carboxylic acids is 2. The first-order chi connectivity index (χ1) is 9.84. The SMILES string of the molecule is CCC1C(=O)NC(C)(CC)C(=O)N1c1ccc(Cl)cc1F. The van der Waals surface area contributed by atoms with Gasteiger partial charge >= 0.3 is 0 Å². The van der Waals surface area contributed by atoms with Crippen LogP contribution in [0.4, 0.5) is 10.1 Å². The number of nitrogens with zero attached hydrogens (tertiary/aromatic N) is 1. The average Bonchev–Trinajstić information content (AvgIpc) is 2.43. The summed E-state index contributed by atoms with van der Waals surface area (Å²) in [6, 6.07) is 3.38. The van der Waals surface area contributed by atoms with E-state index in [-0.39, 0.29) is 22.5 Å². The Bertz CT molecular complexity index is 593. The fourth-order valence-corrected chi connectivity index (χ4v) is 2.65. The minimum Gasteiger partial charge on any atom is -0.340 e. The van der Waals surface area contributed by atoms with Crippen molar-refractivity contribution in [3.05, 3.63) is 29.0 Å². The van der Waals surface area contributed by atoms with Crippen LogP contribution in [0.1, 0.15) is 33.6 Å². The van der Waals surface area contributed by atoms with Crippen LogP contribution in [0.25, 0.3) is 0 Å². The van der Waals surface area contributed by atoms with Crippen molar-refractivity contribution in [3.8, 4) is 0 Å². The van der Waals surface area contributed by atoms with Crippen molar-refractivity contribution >= 4 is 29.1 Å². The second-order valence-corrected chi connectivity index (χ2v) is 5.81. The molecule has 0 spiro atoms. The van der Waals surface area contributed by atoms with Gasteiger partial charge in [-0.25, -0.2) is 4.39 Å². The number of anilines is 1. The van der Waals surface area contributed by atoms with E-state index in [1.807, 2.05) is 0 Å². The van der Waals surface area contributed by atoms with Crippen molar-refractivity contribution in [2.75, 3.05) is 4.90 Å². The number of rotatable bonds is 3. The highest BCUT2D eigenvalue weighted by molar-refractivity contribution is 6.30. The van der Waals surface area contributed by atoms with Gasteiger partial charge in [0.15, 0.2) is 0 Å². The van der Waals surface area contributed by atoms with Crippen molar-refractivity contribution in [1.82, 2.24) is 5.32 Å².